The molecule has 1 N–H and O–H groups in total. The summed E-state index contributed by atoms with van der Waals surface area (Å²) in [7, 11) is 0. The van der Waals surface area contributed by atoms with Gasteiger partial charge >= 0.3 is 5.97 Å². The summed E-state index contributed by atoms with van der Waals surface area (Å²) in [5.74, 6) is 0.472. The first-order chi connectivity index (χ1) is 9.45. The molecule has 1 aromatic heterocycles. The average Bonchev–Trinajstić information content (AvgIpc) is 2.92. The number of carboxylic acid groups (broad SMARTS) is 1. The Balaban J connectivity index is 2.31. The summed E-state index contributed by atoms with van der Waals surface area (Å²) in [5, 5.41) is 9.24. The van der Waals surface area contributed by atoms with Crippen LogP contribution in [0.15, 0.2) is 10.5 Å². The SMILES string of the molecule is CCCC1SCC(C(=O)O)N1C(=O)c1cc(C)oc1C. The lowest BCUT2D eigenvalue weighted by molar-refractivity contribution is -0.141. The van der Waals surface area contributed by atoms with Gasteiger partial charge in [0.1, 0.15) is 17.6 Å². The Kier molecular flexibility index (Phi) is 4.42. The summed E-state index contributed by atoms with van der Waals surface area (Å²) >= 11 is 1.54. The van der Waals surface area contributed by atoms with E-state index in [1.807, 2.05) is 6.92 Å². The van der Waals surface area contributed by atoms with Crippen molar-refractivity contribution in [2.24, 2.45) is 0 Å². The molecule has 2 heterocycles. The van der Waals surface area contributed by atoms with E-state index >= 15 is 0 Å². The summed E-state index contributed by atoms with van der Waals surface area (Å²) in [5.41, 5.74) is 0.470. The molecule has 1 aliphatic rings. The lowest BCUT2D eigenvalue weighted by atomic mass is 10.1. The van der Waals surface area contributed by atoms with Gasteiger partial charge in [0, 0.05) is 5.75 Å². The standard InChI is InChI=1S/C14H19NO4S/c1-4-5-12-15(11(7-20-12)14(17)18)13(16)10-6-8(2)19-9(10)3/h6,11-12H,4-5,7H2,1-3H3,(H,17,18). The first kappa shape index (κ1) is 15.0. The van der Waals surface area contributed by atoms with Crippen molar-refractivity contribution in [3.05, 3.63) is 23.2 Å². The third kappa shape index (κ3) is 2.70. The molecule has 2 atom stereocenters. The minimum Gasteiger partial charge on any atom is -0.480 e. The Bertz CT molecular complexity index is 525. The molecule has 0 spiro atoms. The number of amides is 1. The van der Waals surface area contributed by atoms with Crippen molar-refractivity contribution >= 4 is 23.6 Å². The Morgan fingerprint density at radius 3 is 2.70 bits per heavy atom. The molecule has 0 saturated carbocycles. The van der Waals surface area contributed by atoms with Gasteiger partial charge in [0.25, 0.3) is 5.91 Å². The van der Waals surface area contributed by atoms with Crippen LogP contribution in [0, 0.1) is 13.8 Å². The molecule has 1 fully saturated rings. The topological polar surface area (TPSA) is 70.8 Å². The van der Waals surface area contributed by atoms with E-state index in [4.69, 9.17) is 4.42 Å². The van der Waals surface area contributed by atoms with E-state index in [0.717, 1.165) is 12.8 Å². The van der Waals surface area contributed by atoms with Gasteiger partial charge in [-0.25, -0.2) is 4.79 Å². The number of hydrogen-bond acceptors (Lipinski definition) is 4. The maximum atomic E-state index is 12.7. The van der Waals surface area contributed by atoms with Crippen molar-refractivity contribution in [2.45, 2.75) is 45.0 Å². The van der Waals surface area contributed by atoms with Crippen LogP contribution in [-0.4, -0.2) is 39.1 Å². The van der Waals surface area contributed by atoms with Crippen LogP contribution in [0.25, 0.3) is 0 Å². The predicted molar refractivity (Wildman–Crippen MR) is 76.9 cm³/mol. The second-order valence-corrected chi connectivity index (χ2v) is 6.18. The molecule has 2 unspecified atom stereocenters. The lowest BCUT2D eigenvalue weighted by Gasteiger charge is -2.27. The lowest BCUT2D eigenvalue weighted by Crippen LogP contribution is -2.45. The Morgan fingerprint density at radius 1 is 1.50 bits per heavy atom. The first-order valence-electron chi connectivity index (χ1n) is 6.69. The molecule has 0 aromatic carbocycles. The number of nitrogens with zero attached hydrogens (tertiary/aromatic N) is 1. The fourth-order valence-corrected chi connectivity index (χ4v) is 3.99. The average molecular weight is 297 g/mol. The number of carboxylic acids is 1. The Hall–Kier alpha value is -1.43. The maximum Gasteiger partial charge on any atom is 0.327 e. The zero-order valence-electron chi connectivity index (χ0n) is 11.9. The molecule has 1 aromatic rings. The van der Waals surface area contributed by atoms with Crippen molar-refractivity contribution in [1.82, 2.24) is 4.90 Å². The third-order valence-electron chi connectivity index (χ3n) is 3.42. The summed E-state index contributed by atoms with van der Waals surface area (Å²) in [6, 6.07) is 0.932. The minimum absolute atomic E-state index is 0.0665. The smallest absolute Gasteiger partial charge is 0.327 e. The van der Waals surface area contributed by atoms with E-state index in [1.54, 1.807) is 31.7 Å². The number of rotatable bonds is 4. The number of carbonyl (C=O) groups excluding carboxylic acids is 1. The molecule has 0 bridgehead atoms. The number of aryl methyl sites for hydroxylation is 2. The largest absolute Gasteiger partial charge is 0.480 e. The van der Waals surface area contributed by atoms with Crippen molar-refractivity contribution in [3.8, 4) is 0 Å². The van der Waals surface area contributed by atoms with Crippen LogP contribution in [0.2, 0.25) is 0 Å². The molecule has 1 aliphatic heterocycles. The van der Waals surface area contributed by atoms with E-state index in [2.05, 4.69) is 0 Å². The van der Waals surface area contributed by atoms with E-state index in [-0.39, 0.29) is 11.3 Å². The van der Waals surface area contributed by atoms with Crippen LogP contribution in [0.5, 0.6) is 0 Å². The second kappa shape index (κ2) is 5.91. The van der Waals surface area contributed by atoms with Gasteiger partial charge in [-0.1, -0.05) is 13.3 Å². The van der Waals surface area contributed by atoms with Crippen LogP contribution >= 0.6 is 11.8 Å². The van der Waals surface area contributed by atoms with Crippen molar-refractivity contribution in [3.63, 3.8) is 0 Å². The Morgan fingerprint density at radius 2 is 2.20 bits per heavy atom. The molecular formula is C14H19NO4S. The number of carbonyl (C=O) groups is 2. The molecule has 110 valence electrons. The van der Waals surface area contributed by atoms with Crippen molar-refractivity contribution < 1.29 is 19.1 Å². The van der Waals surface area contributed by atoms with Gasteiger partial charge in [-0.3, -0.25) is 4.79 Å². The number of furan rings is 1. The highest BCUT2D eigenvalue weighted by Crippen LogP contribution is 2.34. The normalized spacial score (nSPS) is 22.2. The van der Waals surface area contributed by atoms with Crippen molar-refractivity contribution in [1.29, 1.82) is 0 Å². The fraction of sp³-hybridized carbons (Fsp3) is 0.571. The molecule has 1 saturated heterocycles. The highest BCUT2D eigenvalue weighted by atomic mass is 32.2. The number of thioether (sulfide) groups is 1. The van der Waals surface area contributed by atoms with Gasteiger partial charge in [-0.15, -0.1) is 11.8 Å². The molecule has 6 heteroatoms. The summed E-state index contributed by atoms with van der Waals surface area (Å²) in [6.45, 7) is 5.54. The van der Waals surface area contributed by atoms with Crippen LogP contribution in [-0.2, 0) is 4.79 Å². The quantitative estimate of drug-likeness (QED) is 0.925. The van der Waals surface area contributed by atoms with Crippen LogP contribution in [0.3, 0.4) is 0 Å². The molecule has 0 aliphatic carbocycles. The van der Waals surface area contributed by atoms with Crippen LogP contribution in [0.1, 0.15) is 41.6 Å². The molecule has 0 radical (unpaired) electrons. The maximum absolute atomic E-state index is 12.7. The van der Waals surface area contributed by atoms with Crippen molar-refractivity contribution in [2.75, 3.05) is 5.75 Å². The zero-order valence-corrected chi connectivity index (χ0v) is 12.7. The van der Waals surface area contributed by atoms with Gasteiger partial charge in [0.15, 0.2) is 0 Å². The van der Waals surface area contributed by atoms with Crippen LogP contribution < -0.4 is 0 Å². The highest BCUT2D eigenvalue weighted by Gasteiger charge is 2.42. The predicted octanol–water partition coefficient (Wildman–Crippen LogP) is 2.66. The molecular weight excluding hydrogens is 278 g/mol. The zero-order chi connectivity index (χ0) is 14.9. The summed E-state index contributed by atoms with van der Waals surface area (Å²) in [4.78, 5) is 25.5. The molecule has 20 heavy (non-hydrogen) atoms. The third-order valence-corrected chi connectivity index (χ3v) is 4.77. The van der Waals surface area contributed by atoms with Gasteiger partial charge in [0.05, 0.1) is 10.9 Å². The first-order valence-corrected chi connectivity index (χ1v) is 7.74. The minimum atomic E-state index is -0.942. The molecule has 2 rings (SSSR count). The van der Waals surface area contributed by atoms with E-state index in [9.17, 15) is 14.7 Å². The van der Waals surface area contributed by atoms with Gasteiger partial charge in [-0.2, -0.15) is 0 Å². The van der Waals surface area contributed by atoms with E-state index in [1.165, 1.54) is 4.90 Å². The summed E-state index contributed by atoms with van der Waals surface area (Å²) < 4.78 is 5.38. The monoisotopic (exact) mass is 297 g/mol. The van der Waals surface area contributed by atoms with Gasteiger partial charge < -0.3 is 14.4 Å². The Labute approximate surface area is 122 Å². The highest BCUT2D eigenvalue weighted by molar-refractivity contribution is 8.00. The van der Waals surface area contributed by atoms with Crippen LogP contribution in [0.4, 0.5) is 0 Å². The molecule has 5 nitrogen and oxygen atoms in total. The second-order valence-electron chi connectivity index (χ2n) is 4.97. The molecule has 1 amide bonds. The van der Waals surface area contributed by atoms with E-state index < -0.39 is 12.0 Å². The van der Waals surface area contributed by atoms with E-state index in [0.29, 0.717) is 22.8 Å². The summed E-state index contributed by atoms with van der Waals surface area (Å²) in [6.07, 6.45) is 1.72. The van der Waals surface area contributed by atoms with Gasteiger partial charge in [-0.05, 0) is 26.3 Å². The fourth-order valence-electron chi connectivity index (χ4n) is 2.48. The van der Waals surface area contributed by atoms with Gasteiger partial charge in [0.2, 0.25) is 0 Å². The number of hydrogen-bond donors (Lipinski definition) is 1. The number of aliphatic carboxylic acids is 1.